The molecule has 0 aliphatic carbocycles. The summed E-state index contributed by atoms with van der Waals surface area (Å²) in [5, 5.41) is 2.52. The van der Waals surface area contributed by atoms with Crippen molar-refractivity contribution in [3.63, 3.8) is 0 Å². The molecule has 96 valence electrons. The van der Waals surface area contributed by atoms with Crippen molar-refractivity contribution in [2.45, 2.75) is 26.3 Å². The van der Waals surface area contributed by atoms with Gasteiger partial charge in [0.25, 0.3) is 0 Å². The highest BCUT2D eigenvalue weighted by Crippen LogP contribution is 2.25. The highest BCUT2D eigenvalue weighted by atomic mass is 14.7. The minimum Gasteiger partial charge on any atom is -0.330 e. The Kier molecular flexibility index (Phi) is 4.00. The van der Waals surface area contributed by atoms with Crippen LogP contribution >= 0.6 is 0 Å². The van der Waals surface area contributed by atoms with Gasteiger partial charge in [0.15, 0.2) is 0 Å². The maximum absolute atomic E-state index is 6.30. The van der Waals surface area contributed by atoms with E-state index in [9.17, 15) is 0 Å². The van der Waals surface area contributed by atoms with Crippen LogP contribution in [0.25, 0.3) is 10.8 Å². The lowest BCUT2D eigenvalue weighted by Gasteiger charge is -2.21. The molecular formula is C16H22N2. The molecule has 2 atom stereocenters. The molecule has 2 nitrogen and oxygen atoms in total. The van der Waals surface area contributed by atoms with E-state index in [1.165, 1.54) is 21.9 Å². The summed E-state index contributed by atoms with van der Waals surface area (Å²) in [6.07, 6.45) is 1.02. The highest BCUT2D eigenvalue weighted by molar-refractivity contribution is 5.83. The van der Waals surface area contributed by atoms with Gasteiger partial charge in [-0.05, 0) is 41.8 Å². The summed E-state index contributed by atoms with van der Waals surface area (Å²) in [5.74, 6) is 0.355. The average Bonchev–Trinajstić information content (AvgIpc) is 2.39. The summed E-state index contributed by atoms with van der Waals surface area (Å²) in [6, 6.07) is 13.0. The fraction of sp³-hybridized carbons (Fsp3) is 0.375. The van der Waals surface area contributed by atoms with E-state index in [1.807, 2.05) is 0 Å². The van der Waals surface area contributed by atoms with Crippen LogP contribution in [0.2, 0.25) is 0 Å². The molecule has 0 radical (unpaired) electrons. The number of benzene rings is 2. The zero-order valence-corrected chi connectivity index (χ0v) is 11.2. The Hall–Kier alpha value is -1.38. The Morgan fingerprint density at radius 3 is 2.39 bits per heavy atom. The van der Waals surface area contributed by atoms with Crippen molar-refractivity contribution in [3.8, 4) is 0 Å². The van der Waals surface area contributed by atoms with Crippen LogP contribution in [0.5, 0.6) is 0 Å². The minimum atomic E-state index is 0.0331. The van der Waals surface area contributed by atoms with Gasteiger partial charge in [-0.1, -0.05) is 49.2 Å². The van der Waals surface area contributed by atoms with E-state index >= 15 is 0 Å². The third-order valence-corrected chi connectivity index (χ3v) is 3.74. The summed E-state index contributed by atoms with van der Waals surface area (Å²) in [4.78, 5) is 0. The lowest BCUT2D eigenvalue weighted by Crippen LogP contribution is -2.27. The fourth-order valence-electron chi connectivity index (χ4n) is 2.43. The molecule has 0 fully saturated rings. The molecule has 0 heterocycles. The third-order valence-electron chi connectivity index (χ3n) is 3.74. The number of nitrogens with two attached hydrogens (primary N) is 2. The molecule has 4 N–H and O–H groups in total. The standard InChI is InChI=1S/C16H22N2/c1-3-12(10-17)16(18)15-7-6-13-8-11(2)4-5-14(13)9-15/h4-9,12,16H,3,10,17-18H2,1-2H3. The van der Waals surface area contributed by atoms with Crippen LogP contribution in [-0.4, -0.2) is 6.54 Å². The second-order valence-corrected chi connectivity index (χ2v) is 5.04. The Labute approximate surface area is 109 Å². The third kappa shape index (κ3) is 2.55. The first kappa shape index (κ1) is 13.1. The molecule has 0 saturated heterocycles. The van der Waals surface area contributed by atoms with Gasteiger partial charge < -0.3 is 11.5 Å². The topological polar surface area (TPSA) is 52.0 Å². The number of hydrogen-bond donors (Lipinski definition) is 2. The predicted molar refractivity (Wildman–Crippen MR) is 78.4 cm³/mol. The summed E-state index contributed by atoms with van der Waals surface area (Å²) in [5.41, 5.74) is 14.5. The van der Waals surface area contributed by atoms with Crippen LogP contribution < -0.4 is 11.5 Å². The van der Waals surface area contributed by atoms with Gasteiger partial charge in [-0.3, -0.25) is 0 Å². The molecule has 0 aliphatic heterocycles. The number of aryl methyl sites for hydroxylation is 1. The van der Waals surface area contributed by atoms with E-state index < -0.39 is 0 Å². The zero-order valence-electron chi connectivity index (χ0n) is 11.2. The Bertz CT molecular complexity index is 530. The summed E-state index contributed by atoms with van der Waals surface area (Å²) in [6.45, 7) is 4.89. The smallest absolute Gasteiger partial charge is 0.0335 e. The predicted octanol–water partition coefficient (Wildman–Crippen LogP) is 3.13. The monoisotopic (exact) mass is 242 g/mol. The van der Waals surface area contributed by atoms with Crippen LogP contribution in [0.1, 0.15) is 30.5 Å². The second-order valence-electron chi connectivity index (χ2n) is 5.04. The largest absolute Gasteiger partial charge is 0.330 e. The number of fused-ring (bicyclic) bond motifs is 1. The molecule has 18 heavy (non-hydrogen) atoms. The van der Waals surface area contributed by atoms with Gasteiger partial charge in [0.05, 0.1) is 0 Å². The van der Waals surface area contributed by atoms with Gasteiger partial charge in [-0.2, -0.15) is 0 Å². The fourth-order valence-corrected chi connectivity index (χ4v) is 2.43. The van der Waals surface area contributed by atoms with Crippen LogP contribution in [0.4, 0.5) is 0 Å². The normalized spacial score (nSPS) is 14.7. The quantitative estimate of drug-likeness (QED) is 0.865. The van der Waals surface area contributed by atoms with Crippen LogP contribution in [0, 0.1) is 12.8 Å². The Balaban J connectivity index is 2.37. The molecular weight excluding hydrogens is 220 g/mol. The summed E-state index contributed by atoms with van der Waals surface area (Å²) >= 11 is 0. The van der Waals surface area contributed by atoms with Crippen molar-refractivity contribution >= 4 is 10.8 Å². The average molecular weight is 242 g/mol. The van der Waals surface area contributed by atoms with E-state index in [0.29, 0.717) is 12.5 Å². The van der Waals surface area contributed by atoms with Crippen molar-refractivity contribution in [2.24, 2.45) is 17.4 Å². The molecule has 2 heteroatoms. The SMILES string of the molecule is CCC(CN)C(N)c1ccc2cc(C)ccc2c1. The van der Waals surface area contributed by atoms with E-state index in [0.717, 1.165) is 6.42 Å². The lowest BCUT2D eigenvalue weighted by molar-refractivity contribution is 0.428. The van der Waals surface area contributed by atoms with Crippen molar-refractivity contribution < 1.29 is 0 Å². The van der Waals surface area contributed by atoms with E-state index in [-0.39, 0.29) is 6.04 Å². The van der Waals surface area contributed by atoms with Crippen molar-refractivity contribution in [1.82, 2.24) is 0 Å². The van der Waals surface area contributed by atoms with Gasteiger partial charge >= 0.3 is 0 Å². The molecule has 2 aromatic carbocycles. The Morgan fingerprint density at radius 1 is 1.06 bits per heavy atom. The van der Waals surface area contributed by atoms with Crippen molar-refractivity contribution in [2.75, 3.05) is 6.54 Å². The second kappa shape index (κ2) is 5.51. The molecule has 0 spiro atoms. The summed E-state index contributed by atoms with van der Waals surface area (Å²) in [7, 11) is 0. The van der Waals surface area contributed by atoms with Crippen LogP contribution in [0.15, 0.2) is 36.4 Å². The highest BCUT2D eigenvalue weighted by Gasteiger charge is 2.16. The first-order valence-electron chi connectivity index (χ1n) is 6.61. The maximum Gasteiger partial charge on any atom is 0.0335 e. The first-order chi connectivity index (χ1) is 8.65. The van der Waals surface area contributed by atoms with Gasteiger partial charge in [0.2, 0.25) is 0 Å². The molecule has 2 aromatic rings. The van der Waals surface area contributed by atoms with Gasteiger partial charge in [0, 0.05) is 6.04 Å². The zero-order chi connectivity index (χ0) is 13.1. The summed E-state index contributed by atoms with van der Waals surface area (Å²) < 4.78 is 0. The molecule has 0 bridgehead atoms. The molecule has 0 saturated carbocycles. The van der Waals surface area contributed by atoms with Crippen LogP contribution in [-0.2, 0) is 0 Å². The Morgan fingerprint density at radius 2 is 1.72 bits per heavy atom. The number of hydrogen-bond acceptors (Lipinski definition) is 2. The molecule has 2 rings (SSSR count). The molecule has 0 aliphatic rings. The van der Waals surface area contributed by atoms with E-state index in [2.05, 4.69) is 50.2 Å². The van der Waals surface area contributed by atoms with Crippen LogP contribution in [0.3, 0.4) is 0 Å². The van der Waals surface area contributed by atoms with Gasteiger partial charge in [-0.25, -0.2) is 0 Å². The van der Waals surface area contributed by atoms with E-state index in [1.54, 1.807) is 0 Å². The van der Waals surface area contributed by atoms with Crippen molar-refractivity contribution in [1.29, 1.82) is 0 Å². The van der Waals surface area contributed by atoms with E-state index in [4.69, 9.17) is 11.5 Å². The van der Waals surface area contributed by atoms with Gasteiger partial charge in [0.1, 0.15) is 0 Å². The molecule has 0 amide bonds. The number of rotatable bonds is 4. The maximum atomic E-state index is 6.30. The molecule has 2 unspecified atom stereocenters. The van der Waals surface area contributed by atoms with Gasteiger partial charge in [-0.15, -0.1) is 0 Å². The first-order valence-corrected chi connectivity index (χ1v) is 6.61. The lowest BCUT2D eigenvalue weighted by atomic mass is 9.90. The minimum absolute atomic E-state index is 0.0331. The molecule has 0 aromatic heterocycles. The van der Waals surface area contributed by atoms with Crippen molar-refractivity contribution in [3.05, 3.63) is 47.5 Å².